The minimum Gasteiger partial charge on any atom is -0.456 e. The molecule has 0 bridgehead atoms. The number of amidine groups is 1. The van der Waals surface area contributed by atoms with Gasteiger partial charge in [-0.15, -0.1) is 0 Å². The Hall–Kier alpha value is -2.02. The molecular formula is C14H22N4O3. The summed E-state index contributed by atoms with van der Waals surface area (Å²) in [5.41, 5.74) is 5.20. The number of hydrogen-bond donors (Lipinski definition) is 2. The van der Waals surface area contributed by atoms with Gasteiger partial charge in [-0.05, 0) is 32.9 Å². The second-order valence-electron chi connectivity index (χ2n) is 5.73. The molecular weight excluding hydrogens is 272 g/mol. The second-order valence-corrected chi connectivity index (χ2v) is 5.73. The van der Waals surface area contributed by atoms with Crippen LogP contribution in [-0.2, 0) is 0 Å². The van der Waals surface area contributed by atoms with E-state index >= 15 is 0 Å². The van der Waals surface area contributed by atoms with Crippen LogP contribution in [0.2, 0.25) is 0 Å². The van der Waals surface area contributed by atoms with Gasteiger partial charge in [0, 0.05) is 26.2 Å². The largest absolute Gasteiger partial charge is 0.456 e. The van der Waals surface area contributed by atoms with Gasteiger partial charge in [0.05, 0.1) is 5.54 Å². The lowest BCUT2D eigenvalue weighted by molar-refractivity contribution is 0.0504. The van der Waals surface area contributed by atoms with Gasteiger partial charge < -0.3 is 20.3 Å². The number of aryl methyl sites for hydroxylation is 1. The van der Waals surface area contributed by atoms with Crippen LogP contribution in [0.3, 0.4) is 0 Å². The van der Waals surface area contributed by atoms with Gasteiger partial charge in [0.2, 0.25) is 0 Å². The van der Waals surface area contributed by atoms with Crippen molar-refractivity contribution in [3.63, 3.8) is 0 Å². The van der Waals surface area contributed by atoms with Crippen LogP contribution in [0.15, 0.2) is 21.7 Å². The first-order chi connectivity index (χ1) is 9.86. The van der Waals surface area contributed by atoms with E-state index in [4.69, 9.17) is 15.4 Å². The Morgan fingerprint density at radius 2 is 1.95 bits per heavy atom. The minimum absolute atomic E-state index is 0.0932. The molecule has 3 N–H and O–H groups in total. The fourth-order valence-corrected chi connectivity index (χ4v) is 2.46. The third-order valence-corrected chi connectivity index (χ3v) is 4.04. The molecule has 1 aromatic rings. The third kappa shape index (κ3) is 3.02. The summed E-state index contributed by atoms with van der Waals surface area (Å²) in [6.07, 6.45) is 0. The molecule has 0 spiro atoms. The van der Waals surface area contributed by atoms with E-state index in [1.807, 2.05) is 20.8 Å². The molecule has 1 aromatic heterocycles. The van der Waals surface area contributed by atoms with Crippen molar-refractivity contribution in [2.45, 2.75) is 26.3 Å². The number of carbonyl (C=O) groups excluding carboxylic acids is 1. The Kier molecular flexibility index (Phi) is 4.22. The molecule has 0 atom stereocenters. The van der Waals surface area contributed by atoms with Crippen LogP contribution in [0.25, 0.3) is 0 Å². The molecule has 1 aliphatic heterocycles. The van der Waals surface area contributed by atoms with Crippen LogP contribution < -0.4 is 5.73 Å². The molecule has 7 nitrogen and oxygen atoms in total. The van der Waals surface area contributed by atoms with Crippen LogP contribution in [0.5, 0.6) is 0 Å². The molecule has 0 saturated carbocycles. The van der Waals surface area contributed by atoms with Gasteiger partial charge in [0.15, 0.2) is 11.6 Å². The summed E-state index contributed by atoms with van der Waals surface area (Å²) in [4.78, 5) is 16.1. The van der Waals surface area contributed by atoms with Crippen molar-refractivity contribution < 1.29 is 14.4 Å². The highest BCUT2D eigenvalue weighted by Gasteiger charge is 2.35. The third-order valence-electron chi connectivity index (χ3n) is 4.04. The zero-order chi connectivity index (χ0) is 15.6. The first kappa shape index (κ1) is 15.4. The van der Waals surface area contributed by atoms with E-state index in [0.717, 1.165) is 5.76 Å². The summed E-state index contributed by atoms with van der Waals surface area (Å²) in [5, 5.41) is 11.9. The quantitative estimate of drug-likeness (QED) is 0.373. The molecule has 116 valence electrons. The maximum atomic E-state index is 12.3. The molecule has 2 heterocycles. The van der Waals surface area contributed by atoms with E-state index in [1.54, 1.807) is 17.0 Å². The van der Waals surface area contributed by atoms with Crippen LogP contribution in [0.1, 0.15) is 30.2 Å². The van der Waals surface area contributed by atoms with E-state index < -0.39 is 5.54 Å². The standard InChI is InChI=1S/C14H22N4O3/c1-10-4-5-11(21-10)12(19)17-6-8-18(9-7-17)14(2,3)13(15)16-20/h4-5,20H,6-9H2,1-3H3,(H2,15,16). The highest BCUT2D eigenvalue weighted by molar-refractivity contribution is 5.92. The molecule has 1 amide bonds. The van der Waals surface area contributed by atoms with E-state index in [2.05, 4.69) is 10.1 Å². The smallest absolute Gasteiger partial charge is 0.289 e. The van der Waals surface area contributed by atoms with Gasteiger partial charge in [-0.25, -0.2) is 0 Å². The summed E-state index contributed by atoms with van der Waals surface area (Å²) in [7, 11) is 0. The lowest BCUT2D eigenvalue weighted by atomic mass is 10.00. The van der Waals surface area contributed by atoms with Crippen molar-refractivity contribution in [3.05, 3.63) is 23.7 Å². The molecule has 1 aliphatic rings. The van der Waals surface area contributed by atoms with Gasteiger partial charge in [0.25, 0.3) is 5.91 Å². The van der Waals surface area contributed by atoms with Crippen LogP contribution in [0.4, 0.5) is 0 Å². The molecule has 0 aliphatic carbocycles. The van der Waals surface area contributed by atoms with Crippen molar-refractivity contribution in [3.8, 4) is 0 Å². The highest BCUT2D eigenvalue weighted by Crippen LogP contribution is 2.19. The number of nitrogens with two attached hydrogens (primary N) is 1. The molecule has 7 heteroatoms. The predicted octanol–water partition coefficient (Wildman–Crippen LogP) is 0.871. The van der Waals surface area contributed by atoms with Crippen LogP contribution in [0, 0.1) is 6.92 Å². The monoisotopic (exact) mass is 294 g/mol. The topological polar surface area (TPSA) is 95.3 Å². The SMILES string of the molecule is Cc1ccc(C(=O)N2CCN(C(C)(C)C(N)=NO)CC2)o1. The predicted molar refractivity (Wildman–Crippen MR) is 78.4 cm³/mol. The molecule has 2 rings (SSSR count). The van der Waals surface area contributed by atoms with E-state index in [-0.39, 0.29) is 11.7 Å². The zero-order valence-corrected chi connectivity index (χ0v) is 12.7. The van der Waals surface area contributed by atoms with E-state index in [1.165, 1.54) is 0 Å². The summed E-state index contributed by atoms with van der Waals surface area (Å²) >= 11 is 0. The van der Waals surface area contributed by atoms with Crippen molar-refractivity contribution in [1.82, 2.24) is 9.80 Å². The molecule has 0 radical (unpaired) electrons. The number of hydrogen-bond acceptors (Lipinski definition) is 5. The van der Waals surface area contributed by atoms with Gasteiger partial charge in [-0.3, -0.25) is 9.69 Å². The molecule has 0 unspecified atom stereocenters. The van der Waals surface area contributed by atoms with E-state index in [0.29, 0.717) is 31.9 Å². The summed E-state index contributed by atoms with van der Waals surface area (Å²) in [5.74, 6) is 1.18. The number of oxime groups is 1. The Bertz CT molecular complexity index is 542. The van der Waals surface area contributed by atoms with Crippen LogP contribution in [-0.4, -0.2) is 58.5 Å². The number of piperazine rings is 1. The average molecular weight is 294 g/mol. The average Bonchev–Trinajstić information content (AvgIpc) is 2.92. The molecule has 21 heavy (non-hydrogen) atoms. The van der Waals surface area contributed by atoms with Crippen molar-refractivity contribution >= 4 is 11.7 Å². The number of furan rings is 1. The molecule has 1 saturated heterocycles. The van der Waals surface area contributed by atoms with Gasteiger partial charge in [0.1, 0.15) is 5.76 Å². The maximum Gasteiger partial charge on any atom is 0.289 e. The Balaban J connectivity index is 1.99. The van der Waals surface area contributed by atoms with Gasteiger partial charge >= 0.3 is 0 Å². The summed E-state index contributed by atoms with van der Waals surface area (Å²) in [6, 6.07) is 3.48. The summed E-state index contributed by atoms with van der Waals surface area (Å²) < 4.78 is 5.37. The fourth-order valence-electron chi connectivity index (χ4n) is 2.46. The lowest BCUT2D eigenvalue weighted by Gasteiger charge is -2.42. The highest BCUT2D eigenvalue weighted by atomic mass is 16.4. The number of nitrogens with zero attached hydrogens (tertiary/aromatic N) is 3. The maximum absolute atomic E-state index is 12.3. The van der Waals surface area contributed by atoms with Crippen molar-refractivity contribution in [2.75, 3.05) is 26.2 Å². The first-order valence-corrected chi connectivity index (χ1v) is 6.95. The normalized spacial score (nSPS) is 18.0. The van der Waals surface area contributed by atoms with Gasteiger partial charge in [-0.2, -0.15) is 0 Å². The van der Waals surface area contributed by atoms with E-state index in [9.17, 15) is 4.79 Å². The Labute approximate surface area is 124 Å². The van der Waals surface area contributed by atoms with Crippen molar-refractivity contribution in [2.24, 2.45) is 10.9 Å². The van der Waals surface area contributed by atoms with Crippen LogP contribution >= 0.6 is 0 Å². The second kappa shape index (κ2) is 5.77. The number of carbonyl (C=O) groups is 1. The van der Waals surface area contributed by atoms with Crippen molar-refractivity contribution in [1.29, 1.82) is 0 Å². The van der Waals surface area contributed by atoms with Gasteiger partial charge in [-0.1, -0.05) is 5.16 Å². The number of amides is 1. The zero-order valence-electron chi connectivity index (χ0n) is 12.7. The lowest BCUT2D eigenvalue weighted by Crippen LogP contribution is -2.60. The Morgan fingerprint density at radius 3 is 2.43 bits per heavy atom. The molecule has 1 fully saturated rings. The number of rotatable bonds is 3. The fraction of sp³-hybridized carbons (Fsp3) is 0.571. The Morgan fingerprint density at radius 1 is 1.33 bits per heavy atom. The molecule has 0 aromatic carbocycles. The summed E-state index contributed by atoms with van der Waals surface area (Å²) in [6.45, 7) is 8.10. The minimum atomic E-state index is -0.537. The first-order valence-electron chi connectivity index (χ1n) is 6.95.